The molecule has 0 unspecified atom stereocenters. The van der Waals surface area contributed by atoms with E-state index >= 15 is 0 Å². The molecule has 1 fully saturated rings. The summed E-state index contributed by atoms with van der Waals surface area (Å²) < 4.78 is 13.8. The van der Waals surface area contributed by atoms with E-state index in [-0.39, 0.29) is 11.2 Å². The van der Waals surface area contributed by atoms with Gasteiger partial charge in [0.05, 0.1) is 11.2 Å². The topological polar surface area (TPSA) is 52.8 Å². The molecular weight excluding hydrogens is 255 g/mol. The van der Waals surface area contributed by atoms with E-state index in [0.29, 0.717) is 11.3 Å². The Morgan fingerprint density at radius 3 is 2.50 bits per heavy atom. The molecule has 6 heteroatoms. The first-order valence-corrected chi connectivity index (χ1v) is 6.62. The summed E-state index contributed by atoms with van der Waals surface area (Å²) in [6.45, 7) is 8.08. The van der Waals surface area contributed by atoms with Crippen LogP contribution >= 0.6 is 0 Å². The lowest BCUT2D eigenvalue weighted by atomic mass is 9.80. The Balaban J connectivity index is 1.97. The smallest absolute Gasteiger partial charge is 0.399 e. The zero-order valence-electron chi connectivity index (χ0n) is 12.1. The van der Waals surface area contributed by atoms with Crippen LogP contribution in [0.5, 0.6) is 0 Å². The first-order chi connectivity index (χ1) is 9.32. The highest BCUT2D eigenvalue weighted by Crippen LogP contribution is 2.36. The van der Waals surface area contributed by atoms with Gasteiger partial charge in [0.15, 0.2) is 6.29 Å². The lowest BCUT2D eigenvalue weighted by Gasteiger charge is -2.32. The third-order valence-electron chi connectivity index (χ3n) is 4.15. The molecule has 0 bridgehead atoms. The molecule has 104 valence electrons. The van der Waals surface area contributed by atoms with E-state index in [2.05, 4.69) is 4.98 Å². The van der Waals surface area contributed by atoms with E-state index in [1.54, 1.807) is 10.6 Å². The number of pyridine rings is 1. The summed E-state index contributed by atoms with van der Waals surface area (Å²) in [5.41, 5.74) is 1.29. The van der Waals surface area contributed by atoms with Crippen LogP contribution in [0.1, 0.15) is 38.2 Å². The molecule has 2 aromatic rings. The molecule has 1 saturated heterocycles. The zero-order valence-corrected chi connectivity index (χ0v) is 12.1. The normalized spacial score (nSPS) is 20.5. The highest BCUT2D eigenvalue weighted by atomic mass is 16.7. The zero-order chi connectivity index (χ0) is 14.5. The van der Waals surface area contributed by atoms with E-state index in [0.717, 1.165) is 11.7 Å². The minimum atomic E-state index is -0.415. The summed E-state index contributed by atoms with van der Waals surface area (Å²) in [4.78, 5) is 15.0. The molecule has 0 atom stereocenters. The summed E-state index contributed by atoms with van der Waals surface area (Å²) >= 11 is 0. The van der Waals surface area contributed by atoms with Crippen LogP contribution in [0.15, 0.2) is 24.5 Å². The predicted octanol–water partition coefficient (Wildman–Crippen LogP) is 1.45. The fourth-order valence-electron chi connectivity index (χ4n) is 2.20. The number of carbonyl (C=O) groups excluding carboxylic acids is 1. The predicted molar refractivity (Wildman–Crippen MR) is 76.3 cm³/mol. The third-order valence-corrected chi connectivity index (χ3v) is 4.15. The number of hydrogen-bond donors (Lipinski definition) is 0. The molecule has 0 N–H and O–H groups in total. The molecule has 0 aliphatic carbocycles. The molecule has 1 aliphatic heterocycles. The largest absolute Gasteiger partial charge is 0.495 e. The van der Waals surface area contributed by atoms with Crippen molar-refractivity contribution in [3.8, 4) is 0 Å². The fourth-order valence-corrected chi connectivity index (χ4v) is 2.20. The van der Waals surface area contributed by atoms with Crippen LogP contribution in [-0.4, -0.2) is 34.0 Å². The molecule has 0 amide bonds. The van der Waals surface area contributed by atoms with Gasteiger partial charge >= 0.3 is 7.12 Å². The monoisotopic (exact) mass is 272 g/mol. The number of carbonyl (C=O) groups is 1. The van der Waals surface area contributed by atoms with E-state index in [4.69, 9.17) is 9.31 Å². The second-order valence-electron chi connectivity index (χ2n) is 6.10. The third kappa shape index (κ3) is 1.96. The Kier molecular flexibility index (Phi) is 2.78. The first kappa shape index (κ1) is 13.3. The average molecular weight is 272 g/mol. The van der Waals surface area contributed by atoms with Crippen molar-refractivity contribution in [3.05, 3.63) is 30.2 Å². The van der Waals surface area contributed by atoms with Crippen LogP contribution < -0.4 is 5.46 Å². The van der Waals surface area contributed by atoms with Gasteiger partial charge in [-0.05, 0) is 45.3 Å². The van der Waals surface area contributed by atoms with E-state index in [1.807, 2.05) is 46.0 Å². The first-order valence-electron chi connectivity index (χ1n) is 6.62. The van der Waals surface area contributed by atoms with Crippen molar-refractivity contribution in [2.75, 3.05) is 0 Å². The van der Waals surface area contributed by atoms with Crippen LogP contribution in [0.25, 0.3) is 5.65 Å². The summed E-state index contributed by atoms with van der Waals surface area (Å²) in [5.74, 6) is 0. The molecule has 1 aliphatic rings. The van der Waals surface area contributed by atoms with Crippen LogP contribution in [0.3, 0.4) is 0 Å². The average Bonchev–Trinajstić information content (AvgIpc) is 2.87. The van der Waals surface area contributed by atoms with E-state index in [1.165, 1.54) is 0 Å². The van der Waals surface area contributed by atoms with Crippen molar-refractivity contribution >= 4 is 24.5 Å². The summed E-state index contributed by atoms with van der Waals surface area (Å²) in [6.07, 6.45) is 4.29. The molecule has 20 heavy (non-hydrogen) atoms. The number of aromatic nitrogens is 2. The maximum atomic E-state index is 10.8. The maximum Gasteiger partial charge on any atom is 0.495 e. The van der Waals surface area contributed by atoms with Gasteiger partial charge in [-0.15, -0.1) is 0 Å². The van der Waals surface area contributed by atoms with Crippen molar-refractivity contribution in [2.45, 2.75) is 38.9 Å². The molecule has 2 aromatic heterocycles. The Bertz CT molecular complexity index is 662. The van der Waals surface area contributed by atoms with Crippen LogP contribution in [0, 0.1) is 0 Å². The van der Waals surface area contributed by atoms with E-state index in [9.17, 15) is 4.79 Å². The van der Waals surface area contributed by atoms with Gasteiger partial charge in [0.25, 0.3) is 0 Å². The van der Waals surface area contributed by atoms with Gasteiger partial charge < -0.3 is 13.7 Å². The van der Waals surface area contributed by atoms with Gasteiger partial charge in [-0.25, -0.2) is 4.98 Å². The van der Waals surface area contributed by atoms with Crippen molar-refractivity contribution in [2.24, 2.45) is 0 Å². The lowest BCUT2D eigenvalue weighted by Crippen LogP contribution is -2.41. The molecular formula is C14H17BN2O3. The minimum absolute atomic E-state index is 0.368. The molecule has 0 radical (unpaired) electrons. The number of aldehydes is 1. The number of nitrogens with zero attached hydrogens (tertiary/aromatic N) is 2. The summed E-state index contributed by atoms with van der Waals surface area (Å²) in [5, 5.41) is 0. The lowest BCUT2D eigenvalue weighted by molar-refractivity contribution is 0.00578. The molecule has 0 aromatic carbocycles. The maximum absolute atomic E-state index is 10.8. The van der Waals surface area contributed by atoms with Gasteiger partial charge in [-0.2, -0.15) is 0 Å². The van der Waals surface area contributed by atoms with Gasteiger partial charge in [-0.3, -0.25) is 4.79 Å². The van der Waals surface area contributed by atoms with E-state index < -0.39 is 7.12 Å². The molecule has 3 heterocycles. The van der Waals surface area contributed by atoms with Crippen molar-refractivity contribution in [1.82, 2.24) is 9.38 Å². The second-order valence-corrected chi connectivity index (χ2v) is 6.10. The van der Waals surface area contributed by atoms with Crippen LogP contribution in [0.2, 0.25) is 0 Å². The Labute approximate surface area is 118 Å². The highest BCUT2D eigenvalue weighted by molar-refractivity contribution is 6.62. The van der Waals surface area contributed by atoms with Gasteiger partial charge in [0.2, 0.25) is 0 Å². The number of hydrogen-bond acceptors (Lipinski definition) is 4. The van der Waals surface area contributed by atoms with Crippen molar-refractivity contribution in [3.63, 3.8) is 0 Å². The van der Waals surface area contributed by atoms with Gasteiger partial charge in [0, 0.05) is 12.4 Å². The SMILES string of the molecule is CC1(C)OB(c2ccn3cc(C=O)nc3c2)OC1(C)C. The van der Waals surface area contributed by atoms with Gasteiger partial charge in [-0.1, -0.05) is 0 Å². The van der Waals surface area contributed by atoms with Crippen LogP contribution in [-0.2, 0) is 9.31 Å². The molecule has 0 saturated carbocycles. The Morgan fingerprint density at radius 2 is 1.90 bits per heavy atom. The number of fused-ring (bicyclic) bond motifs is 1. The number of rotatable bonds is 2. The quantitative estimate of drug-likeness (QED) is 0.613. The minimum Gasteiger partial charge on any atom is -0.399 e. The van der Waals surface area contributed by atoms with Crippen molar-refractivity contribution < 1.29 is 14.1 Å². The van der Waals surface area contributed by atoms with Crippen molar-refractivity contribution in [1.29, 1.82) is 0 Å². The number of imidazole rings is 1. The van der Waals surface area contributed by atoms with Gasteiger partial charge in [0.1, 0.15) is 11.3 Å². The van der Waals surface area contributed by atoms with Crippen LogP contribution in [0.4, 0.5) is 0 Å². The highest BCUT2D eigenvalue weighted by Gasteiger charge is 2.51. The summed E-state index contributed by atoms with van der Waals surface area (Å²) in [7, 11) is -0.415. The Hall–Kier alpha value is -1.66. The molecule has 0 spiro atoms. The molecule has 3 rings (SSSR count). The second kappa shape index (κ2) is 4.17. The summed E-state index contributed by atoms with van der Waals surface area (Å²) in [6, 6.07) is 3.81. The molecule has 5 nitrogen and oxygen atoms in total. The fraction of sp³-hybridized carbons (Fsp3) is 0.429. The Morgan fingerprint density at radius 1 is 1.25 bits per heavy atom. The standard InChI is InChI=1S/C14H17BN2O3/c1-13(2)14(3,4)20-15(19-13)10-5-6-17-8-11(9-18)16-12(17)7-10/h5-9H,1-4H3.